The van der Waals surface area contributed by atoms with E-state index in [1.807, 2.05) is 0 Å². The third-order valence-corrected chi connectivity index (χ3v) is 6.76. The maximum Gasteiger partial charge on any atom is 0.320 e. The molecule has 0 radical (unpaired) electrons. The van der Waals surface area contributed by atoms with Crippen LogP contribution >= 0.6 is 11.3 Å². The number of fused-ring (bicyclic) bond motifs is 1. The predicted octanol–water partition coefficient (Wildman–Crippen LogP) is 5.55. The van der Waals surface area contributed by atoms with Crippen LogP contribution in [0.1, 0.15) is 46.9 Å². The normalized spacial score (nSPS) is 19.3. The van der Waals surface area contributed by atoms with E-state index in [0.717, 1.165) is 25.8 Å². The van der Waals surface area contributed by atoms with E-state index in [0.29, 0.717) is 0 Å². The highest BCUT2D eigenvalue weighted by molar-refractivity contribution is 7.19. The molecule has 1 aromatic heterocycles. The van der Waals surface area contributed by atoms with Crippen molar-refractivity contribution in [2.24, 2.45) is 0 Å². The lowest BCUT2D eigenvalue weighted by Gasteiger charge is -2.39. The van der Waals surface area contributed by atoms with Gasteiger partial charge in [-0.15, -0.1) is 11.3 Å². The number of benzene rings is 2. The van der Waals surface area contributed by atoms with Crippen LogP contribution in [0.4, 0.5) is 0 Å². The van der Waals surface area contributed by atoms with Crippen LogP contribution in [0, 0.1) is 13.8 Å². The molecule has 1 N–H and O–H groups in total. The van der Waals surface area contributed by atoms with E-state index in [1.54, 1.807) is 11.3 Å². The van der Waals surface area contributed by atoms with Crippen molar-refractivity contribution in [3.8, 4) is 0 Å². The summed E-state index contributed by atoms with van der Waals surface area (Å²) in [6, 6.07) is 16.8. The van der Waals surface area contributed by atoms with Gasteiger partial charge in [0.15, 0.2) is 0 Å². The Balaban J connectivity index is 1.87. The van der Waals surface area contributed by atoms with Crippen molar-refractivity contribution in [2.75, 3.05) is 6.54 Å². The molecule has 0 bridgehead atoms. The summed E-state index contributed by atoms with van der Waals surface area (Å²) in [5.74, 6) is -0.703. The van der Waals surface area contributed by atoms with Crippen molar-refractivity contribution in [2.45, 2.75) is 45.2 Å². The Bertz CT molecular complexity index is 944. The molecule has 4 rings (SSSR count). The Morgan fingerprint density at radius 1 is 1.15 bits per heavy atom. The second kappa shape index (κ2) is 7.45. The lowest BCUT2D eigenvalue weighted by Crippen LogP contribution is -2.46. The van der Waals surface area contributed by atoms with E-state index in [2.05, 4.69) is 67.3 Å². The molecule has 140 valence electrons. The molecule has 1 saturated heterocycles. The largest absolute Gasteiger partial charge is 0.480 e. The molecule has 0 saturated carbocycles. The topological polar surface area (TPSA) is 40.5 Å². The molecule has 3 aromatic rings. The molecule has 0 amide bonds. The van der Waals surface area contributed by atoms with E-state index < -0.39 is 12.0 Å². The number of likely N-dealkylation sites (tertiary alicyclic amines) is 1. The fourth-order valence-corrected chi connectivity index (χ4v) is 5.50. The maximum absolute atomic E-state index is 12.0. The van der Waals surface area contributed by atoms with Crippen molar-refractivity contribution < 1.29 is 9.90 Å². The number of carboxylic acid groups (broad SMARTS) is 1. The van der Waals surface area contributed by atoms with Crippen LogP contribution < -0.4 is 0 Å². The zero-order valence-electron chi connectivity index (χ0n) is 15.8. The number of rotatable bonds is 4. The fraction of sp³-hybridized carbons (Fsp3) is 0.348. The Morgan fingerprint density at radius 2 is 1.96 bits per heavy atom. The van der Waals surface area contributed by atoms with Gasteiger partial charge >= 0.3 is 5.97 Å². The Labute approximate surface area is 164 Å². The zero-order valence-corrected chi connectivity index (χ0v) is 16.6. The van der Waals surface area contributed by atoms with Gasteiger partial charge in [0, 0.05) is 9.58 Å². The van der Waals surface area contributed by atoms with E-state index >= 15 is 0 Å². The molecule has 1 aliphatic heterocycles. The Morgan fingerprint density at radius 3 is 2.70 bits per heavy atom. The standard InChI is InChI=1S/C23H25NO2S/c1-15-10-11-18(16(2)13-15)22(24-12-6-5-8-19(24)23(25)26)21-14-17-7-3-4-9-20(17)27-21/h3-4,7,9-11,13-14,19,22H,5-6,8,12H2,1-2H3,(H,25,26). The minimum Gasteiger partial charge on any atom is -0.480 e. The van der Waals surface area contributed by atoms with Gasteiger partial charge < -0.3 is 5.11 Å². The first-order valence-electron chi connectivity index (χ1n) is 9.59. The zero-order chi connectivity index (χ0) is 19.0. The summed E-state index contributed by atoms with van der Waals surface area (Å²) in [4.78, 5) is 15.5. The third-order valence-electron chi connectivity index (χ3n) is 5.59. The first-order valence-corrected chi connectivity index (χ1v) is 10.4. The van der Waals surface area contributed by atoms with Gasteiger partial charge in [-0.2, -0.15) is 0 Å². The highest BCUT2D eigenvalue weighted by Gasteiger charge is 2.36. The lowest BCUT2D eigenvalue weighted by atomic mass is 9.92. The number of hydrogen-bond acceptors (Lipinski definition) is 3. The van der Waals surface area contributed by atoms with Crippen LogP contribution in [0.2, 0.25) is 0 Å². The molecule has 3 nitrogen and oxygen atoms in total. The number of nitrogens with zero attached hydrogens (tertiary/aromatic N) is 1. The van der Waals surface area contributed by atoms with Crippen LogP contribution in [0.3, 0.4) is 0 Å². The minimum absolute atomic E-state index is 0.00981. The monoisotopic (exact) mass is 379 g/mol. The molecular weight excluding hydrogens is 354 g/mol. The van der Waals surface area contributed by atoms with Crippen molar-refractivity contribution in [3.63, 3.8) is 0 Å². The van der Waals surface area contributed by atoms with Crippen LogP contribution in [0.15, 0.2) is 48.5 Å². The first kappa shape index (κ1) is 18.2. The second-order valence-electron chi connectivity index (χ2n) is 7.54. The van der Waals surface area contributed by atoms with Crippen molar-refractivity contribution >= 4 is 27.4 Å². The predicted molar refractivity (Wildman–Crippen MR) is 112 cm³/mol. The van der Waals surface area contributed by atoms with Gasteiger partial charge in [0.05, 0.1) is 6.04 Å². The smallest absolute Gasteiger partial charge is 0.320 e. The number of hydrogen-bond donors (Lipinski definition) is 1. The molecule has 2 atom stereocenters. The fourth-order valence-electron chi connectivity index (χ4n) is 4.29. The lowest BCUT2D eigenvalue weighted by molar-refractivity contribution is -0.145. The molecule has 4 heteroatoms. The molecule has 1 aliphatic rings. The highest BCUT2D eigenvalue weighted by Crippen LogP contribution is 2.40. The SMILES string of the molecule is Cc1ccc(C(c2cc3ccccc3s2)N2CCCCC2C(=O)O)c(C)c1. The van der Waals surface area contributed by atoms with Crippen molar-refractivity contribution in [1.29, 1.82) is 0 Å². The summed E-state index contributed by atoms with van der Waals surface area (Å²) in [6.45, 7) is 5.07. The molecule has 1 fully saturated rings. The third kappa shape index (κ3) is 3.52. The van der Waals surface area contributed by atoms with Gasteiger partial charge in [-0.25, -0.2) is 0 Å². The van der Waals surface area contributed by atoms with E-state index in [1.165, 1.54) is 31.7 Å². The number of piperidine rings is 1. The number of aryl methyl sites for hydroxylation is 2. The summed E-state index contributed by atoms with van der Waals surface area (Å²) in [5, 5.41) is 11.1. The van der Waals surface area contributed by atoms with Gasteiger partial charge in [-0.3, -0.25) is 9.69 Å². The van der Waals surface area contributed by atoms with E-state index in [9.17, 15) is 9.90 Å². The Hall–Kier alpha value is -2.17. The van der Waals surface area contributed by atoms with Crippen LogP contribution in [-0.2, 0) is 4.79 Å². The molecule has 2 heterocycles. The van der Waals surface area contributed by atoms with Gasteiger partial charge in [-0.05, 0) is 61.9 Å². The molecule has 0 spiro atoms. The number of carbonyl (C=O) groups is 1. The van der Waals surface area contributed by atoms with Crippen molar-refractivity contribution in [1.82, 2.24) is 4.90 Å². The summed E-state index contributed by atoms with van der Waals surface area (Å²) in [7, 11) is 0. The van der Waals surface area contributed by atoms with Crippen LogP contribution in [0.5, 0.6) is 0 Å². The molecule has 0 aliphatic carbocycles. The van der Waals surface area contributed by atoms with E-state index in [-0.39, 0.29) is 6.04 Å². The summed E-state index contributed by atoms with van der Waals surface area (Å²) in [6.07, 6.45) is 2.76. The quantitative estimate of drug-likeness (QED) is 0.646. The molecule has 27 heavy (non-hydrogen) atoms. The molecule has 2 aromatic carbocycles. The average Bonchev–Trinajstić information content (AvgIpc) is 3.07. The van der Waals surface area contributed by atoms with Crippen LogP contribution in [0.25, 0.3) is 10.1 Å². The molecular formula is C23H25NO2S. The first-order chi connectivity index (χ1) is 13.0. The molecule has 2 unspecified atom stereocenters. The summed E-state index contributed by atoms with van der Waals surface area (Å²) >= 11 is 1.79. The second-order valence-corrected chi connectivity index (χ2v) is 8.65. The Kier molecular flexibility index (Phi) is 5.02. The minimum atomic E-state index is -0.703. The van der Waals surface area contributed by atoms with Crippen LogP contribution in [-0.4, -0.2) is 28.6 Å². The summed E-state index contributed by atoms with van der Waals surface area (Å²) in [5.41, 5.74) is 3.69. The van der Waals surface area contributed by atoms with Gasteiger partial charge in [-0.1, -0.05) is 48.4 Å². The van der Waals surface area contributed by atoms with Crippen molar-refractivity contribution in [3.05, 3.63) is 70.1 Å². The van der Waals surface area contributed by atoms with Gasteiger partial charge in [0.2, 0.25) is 0 Å². The van der Waals surface area contributed by atoms with E-state index in [4.69, 9.17) is 0 Å². The van der Waals surface area contributed by atoms with Gasteiger partial charge in [0.1, 0.15) is 6.04 Å². The number of aliphatic carboxylic acids is 1. The number of carboxylic acids is 1. The highest BCUT2D eigenvalue weighted by atomic mass is 32.1. The average molecular weight is 380 g/mol. The maximum atomic E-state index is 12.0. The number of thiophene rings is 1. The van der Waals surface area contributed by atoms with Gasteiger partial charge in [0.25, 0.3) is 0 Å². The summed E-state index contributed by atoms with van der Waals surface area (Å²) < 4.78 is 1.26.